The Hall–Kier alpha value is -1.56. The van der Waals surface area contributed by atoms with E-state index in [-0.39, 0.29) is 12.6 Å². The second kappa shape index (κ2) is 9.67. The molecule has 0 radical (unpaired) electrons. The van der Waals surface area contributed by atoms with Gasteiger partial charge in [0, 0.05) is 10.0 Å². The summed E-state index contributed by atoms with van der Waals surface area (Å²) >= 11 is 3.61. The third-order valence-corrected chi connectivity index (χ3v) is 4.74. The van der Waals surface area contributed by atoms with Crippen molar-refractivity contribution in [3.63, 3.8) is 0 Å². The van der Waals surface area contributed by atoms with Crippen molar-refractivity contribution in [1.29, 1.82) is 0 Å². The molecule has 1 atom stereocenters. The van der Waals surface area contributed by atoms with Crippen molar-refractivity contribution in [3.8, 4) is 11.5 Å². The van der Waals surface area contributed by atoms with Crippen LogP contribution in [-0.2, 0) is 13.2 Å². The van der Waals surface area contributed by atoms with Crippen LogP contribution in [0.3, 0.4) is 0 Å². The van der Waals surface area contributed by atoms with Crippen LogP contribution in [0.15, 0.2) is 46.9 Å². The first-order valence-corrected chi connectivity index (χ1v) is 8.94. The predicted octanol–water partition coefficient (Wildman–Crippen LogP) is 2.87. The second-order valence-corrected chi connectivity index (χ2v) is 6.51. The average Bonchev–Trinajstić information content (AvgIpc) is 2.62. The largest absolute Gasteiger partial charge is 0.493 e. The summed E-state index contributed by atoms with van der Waals surface area (Å²) in [4.78, 5) is 0. The van der Waals surface area contributed by atoms with Crippen molar-refractivity contribution >= 4 is 15.9 Å². The van der Waals surface area contributed by atoms with E-state index in [4.69, 9.17) is 9.47 Å². The van der Waals surface area contributed by atoms with E-state index in [1.54, 1.807) is 7.11 Å². The number of ether oxygens (including phenoxy) is 2. The number of aliphatic hydroxyl groups is 1. The van der Waals surface area contributed by atoms with E-state index >= 15 is 0 Å². The van der Waals surface area contributed by atoms with Gasteiger partial charge in [-0.15, -0.1) is 0 Å². The molecule has 0 spiro atoms. The van der Waals surface area contributed by atoms with Gasteiger partial charge >= 0.3 is 0 Å². The van der Waals surface area contributed by atoms with Crippen LogP contribution in [0.25, 0.3) is 0 Å². The molecule has 0 aliphatic carbocycles. The first kappa shape index (κ1) is 18.8. The van der Waals surface area contributed by atoms with Crippen LogP contribution in [0.2, 0.25) is 0 Å². The average molecular weight is 395 g/mol. The molecule has 24 heavy (non-hydrogen) atoms. The zero-order chi connectivity index (χ0) is 17.4. The van der Waals surface area contributed by atoms with Crippen LogP contribution in [-0.4, -0.2) is 24.9 Å². The zero-order valence-electron chi connectivity index (χ0n) is 14.2. The molecule has 0 heterocycles. The fourth-order valence-electron chi connectivity index (χ4n) is 2.41. The molecule has 0 fully saturated rings. The molecule has 5 heteroatoms. The number of hydrogen-bond donors (Lipinski definition) is 2. The van der Waals surface area contributed by atoms with Crippen molar-refractivity contribution < 1.29 is 19.9 Å². The predicted molar refractivity (Wildman–Crippen MR) is 98.3 cm³/mol. The van der Waals surface area contributed by atoms with Crippen LogP contribution in [0.4, 0.5) is 0 Å². The highest BCUT2D eigenvalue weighted by Gasteiger charge is 2.14. The smallest absolute Gasteiger partial charge is 0.162 e. The molecule has 0 saturated heterocycles. The standard InChI is InChI=1S/C19H24BrNO3/c1-3-16(12-22)21-11-15-9-18(23-2)19(10-17(15)20)24-13-14-7-5-4-6-8-14/h4-10,16,21-22H,3,11-13H2,1-2H3/p+1/t16-/m1/s1. The molecule has 130 valence electrons. The first-order chi connectivity index (χ1) is 11.7. The van der Waals surface area contributed by atoms with E-state index < -0.39 is 0 Å². The monoisotopic (exact) mass is 394 g/mol. The maximum atomic E-state index is 9.31. The summed E-state index contributed by atoms with van der Waals surface area (Å²) in [6, 6.07) is 14.2. The van der Waals surface area contributed by atoms with E-state index in [0.717, 1.165) is 34.3 Å². The second-order valence-electron chi connectivity index (χ2n) is 5.66. The Bertz CT molecular complexity index is 630. The lowest BCUT2D eigenvalue weighted by Gasteiger charge is -2.15. The van der Waals surface area contributed by atoms with Gasteiger partial charge in [0.05, 0.1) is 13.7 Å². The van der Waals surface area contributed by atoms with Gasteiger partial charge in [-0.25, -0.2) is 0 Å². The Labute approximate surface area is 151 Å². The van der Waals surface area contributed by atoms with E-state index in [2.05, 4.69) is 28.2 Å². The summed E-state index contributed by atoms with van der Waals surface area (Å²) in [7, 11) is 1.65. The van der Waals surface area contributed by atoms with Crippen molar-refractivity contribution in [3.05, 3.63) is 58.1 Å². The maximum Gasteiger partial charge on any atom is 0.162 e. The Morgan fingerprint density at radius 3 is 2.54 bits per heavy atom. The topological polar surface area (TPSA) is 55.3 Å². The lowest BCUT2D eigenvalue weighted by molar-refractivity contribution is -0.706. The van der Waals surface area contributed by atoms with Crippen molar-refractivity contribution in [1.82, 2.24) is 0 Å². The number of rotatable bonds is 9. The molecule has 2 aromatic carbocycles. The number of benzene rings is 2. The molecular weight excluding hydrogens is 370 g/mol. The van der Waals surface area contributed by atoms with E-state index in [9.17, 15) is 5.11 Å². The van der Waals surface area contributed by atoms with Gasteiger partial charge in [0.2, 0.25) is 0 Å². The zero-order valence-corrected chi connectivity index (χ0v) is 15.8. The van der Waals surface area contributed by atoms with Crippen LogP contribution < -0.4 is 14.8 Å². The number of quaternary nitrogens is 1. The maximum absolute atomic E-state index is 9.31. The van der Waals surface area contributed by atoms with Gasteiger partial charge in [-0.2, -0.15) is 0 Å². The van der Waals surface area contributed by atoms with Crippen LogP contribution in [0.5, 0.6) is 11.5 Å². The van der Waals surface area contributed by atoms with E-state index in [1.165, 1.54) is 0 Å². The summed E-state index contributed by atoms with van der Waals surface area (Å²) in [5, 5.41) is 11.5. The van der Waals surface area contributed by atoms with E-state index in [0.29, 0.717) is 12.4 Å². The lowest BCUT2D eigenvalue weighted by Crippen LogP contribution is -2.89. The minimum absolute atomic E-state index is 0.184. The highest BCUT2D eigenvalue weighted by molar-refractivity contribution is 9.10. The summed E-state index contributed by atoms with van der Waals surface area (Å²) < 4.78 is 12.4. The Balaban J connectivity index is 2.08. The highest BCUT2D eigenvalue weighted by atomic mass is 79.9. The summed E-state index contributed by atoms with van der Waals surface area (Å²) in [6.45, 7) is 3.53. The molecule has 2 rings (SSSR count). The fraction of sp³-hybridized carbons (Fsp3) is 0.368. The van der Waals surface area contributed by atoms with Gasteiger partial charge in [-0.3, -0.25) is 0 Å². The lowest BCUT2D eigenvalue weighted by atomic mass is 10.1. The van der Waals surface area contributed by atoms with Gasteiger partial charge in [0.25, 0.3) is 0 Å². The number of hydrogen-bond acceptors (Lipinski definition) is 3. The molecule has 0 aromatic heterocycles. The number of halogens is 1. The Morgan fingerprint density at radius 1 is 1.17 bits per heavy atom. The van der Waals surface area contributed by atoms with Gasteiger partial charge in [-0.05, 0) is 24.1 Å². The molecular formula is C19H25BrNO3+. The van der Waals surface area contributed by atoms with Crippen LogP contribution in [0.1, 0.15) is 24.5 Å². The minimum atomic E-state index is 0.184. The fourth-order valence-corrected chi connectivity index (χ4v) is 2.89. The molecule has 4 nitrogen and oxygen atoms in total. The van der Waals surface area contributed by atoms with Gasteiger partial charge in [0.1, 0.15) is 19.2 Å². The normalized spacial score (nSPS) is 12.0. The number of aliphatic hydroxyl groups excluding tert-OH is 1. The highest BCUT2D eigenvalue weighted by Crippen LogP contribution is 2.33. The van der Waals surface area contributed by atoms with Crippen LogP contribution >= 0.6 is 15.9 Å². The summed E-state index contributed by atoms with van der Waals surface area (Å²) in [6.07, 6.45) is 0.934. The molecule has 2 aromatic rings. The van der Waals surface area contributed by atoms with Gasteiger partial charge < -0.3 is 19.9 Å². The van der Waals surface area contributed by atoms with Crippen molar-refractivity contribution in [2.45, 2.75) is 32.5 Å². The van der Waals surface area contributed by atoms with Gasteiger partial charge in [-0.1, -0.05) is 53.2 Å². The molecule has 0 bridgehead atoms. The molecule has 0 unspecified atom stereocenters. The number of methoxy groups -OCH3 is 1. The summed E-state index contributed by atoms with van der Waals surface area (Å²) in [5.41, 5.74) is 2.23. The molecule has 0 amide bonds. The Morgan fingerprint density at radius 2 is 1.92 bits per heavy atom. The first-order valence-electron chi connectivity index (χ1n) is 8.15. The molecule has 0 aliphatic rings. The number of nitrogens with two attached hydrogens (primary N) is 1. The van der Waals surface area contributed by atoms with Crippen molar-refractivity contribution in [2.75, 3.05) is 13.7 Å². The third kappa shape index (κ3) is 5.23. The Kier molecular flexibility index (Phi) is 7.56. The minimum Gasteiger partial charge on any atom is -0.493 e. The molecule has 0 aliphatic heterocycles. The SMILES string of the molecule is CC[C@H](CO)[NH2+]Cc1cc(OC)c(OCc2ccccc2)cc1Br. The van der Waals surface area contributed by atoms with Crippen molar-refractivity contribution in [2.24, 2.45) is 0 Å². The summed E-state index contributed by atoms with van der Waals surface area (Å²) in [5.74, 6) is 1.43. The van der Waals surface area contributed by atoms with Crippen LogP contribution in [0, 0.1) is 0 Å². The quantitative estimate of drug-likeness (QED) is 0.687. The van der Waals surface area contributed by atoms with E-state index in [1.807, 2.05) is 42.5 Å². The molecule has 3 N–H and O–H groups in total. The van der Waals surface area contributed by atoms with Gasteiger partial charge in [0.15, 0.2) is 11.5 Å². The molecule has 0 saturated carbocycles. The third-order valence-electron chi connectivity index (χ3n) is 4.00.